The molecule has 0 aliphatic carbocycles. The van der Waals surface area contributed by atoms with E-state index in [0.717, 1.165) is 0 Å². The van der Waals surface area contributed by atoms with Crippen LogP contribution in [-0.2, 0) is 0 Å². The first-order valence-electron chi connectivity index (χ1n) is 5.77. The Morgan fingerprint density at radius 1 is 1.32 bits per heavy atom. The van der Waals surface area contributed by atoms with Gasteiger partial charge in [-0.2, -0.15) is 0 Å². The third-order valence-electron chi connectivity index (χ3n) is 2.71. The van der Waals surface area contributed by atoms with Crippen molar-refractivity contribution >= 4 is 17.3 Å². The van der Waals surface area contributed by atoms with Crippen LogP contribution in [0.3, 0.4) is 0 Å². The highest BCUT2D eigenvalue weighted by Gasteiger charge is 2.18. The molecule has 0 aliphatic rings. The summed E-state index contributed by atoms with van der Waals surface area (Å²) in [7, 11) is 5.45. The van der Waals surface area contributed by atoms with E-state index in [0.29, 0.717) is 13.1 Å². The van der Waals surface area contributed by atoms with Gasteiger partial charge in [0, 0.05) is 38.0 Å². The van der Waals surface area contributed by atoms with E-state index in [1.807, 2.05) is 19.0 Å². The van der Waals surface area contributed by atoms with Crippen molar-refractivity contribution < 1.29 is 9.72 Å². The number of carbonyl (C=O) groups excluding carboxylic acids is 1. The maximum atomic E-state index is 12.2. The van der Waals surface area contributed by atoms with E-state index in [9.17, 15) is 14.9 Å². The summed E-state index contributed by atoms with van der Waals surface area (Å²) in [5.74, 6) is -0.317. The SMILES string of the molecule is CN(C)CCN(C)C(=O)c1cc([N+](=O)[O-])ccc1N. The fourth-order valence-electron chi connectivity index (χ4n) is 1.50. The van der Waals surface area contributed by atoms with Crippen LogP contribution in [0.1, 0.15) is 10.4 Å². The topological polar surface area (TPSA) is 92.7 Å². The molecule has 0 fully saturated rings. The number of non-ortho nitro benzene ring substituents is 1. The summed E-state index contributed by atoms with van der Waals surface area (Å²) >= 11 is 0. The average Bonchev–Trinajstić information content (AvgIpc) is 2.35. The molecule has 2 N–H and O–H groups in total. The lowest BCUT2D eigenvalue weighted by Crippen LogP contribution is -2.33. The number of hydrogen-bond acceptors (Lipinski definition) is 5. The summed E-state index contributed by atoms with van der Waals surface area (Å²) in [6.45, 7) is 1.23. The van der Waals surface area contributed by atoms with Gasteiger partial charge in [0.25, 0.3) is 11.6 Å². The molecule has 1 rings (SSSR count). The van der Waals surface area contributed by atoms with E-state index in [1.54, 1.807) is 7.05 Å². The second-order valence-electron chi connectivity index (χ2n) is 4.56. The molecule has 0 saturated heterocycles. The van der Waals surface area contributed by atoms with E-state index in [4.69, 9.17) is 5.73 Å². The standard InChI is InChI=1S/C12H18N4O3/c1-14(2)6-7-15(3)12(17)10-8-9(16(18)19)4-5-11(10)13/h4-5,8H,6-7,13H2,1-3H3. The second-order valence-corrected chi connectivity index (χ2v) is 4.56. The van der Waals surface area contributed by atoms with Crippen molar-refractivity contribution in [3.63, 3.8) is 0 Å². The highest BCUT2D eigenvalue weighted by atomic mass is 16.6. The Labute approximate surface area is 111 Å². The van der Waals surface area contributed by atoms with E-state index in [2.05, 4.69) is 0 Å². The Morgan fingerprint density at radius 3 is 2.47 bits per heavy atom. The molecule has 7 nitrogen and oxygen atoms in total. The first-order chi connectivity index (χ1) is 8.82. The molecule has 0 aromatic heterocycles. The number of likely N-dealkylation sites (N-methyl/N-ethyl adjacent to an activating group) is 2. The minimum atomic E-state index is -0.546. The molecular weight excluding hydrogens is 248 g/mol. The molecule has 0 aliphatic heterocycles. The smallest absolute Gasteiger partial charge is 0.270 e. The fourth-order valence-corrected chi connectivity index (χ4v) is 1.50. The van der Waals surface area contributed by atoms with Crippen LogP contribution < -0.4 is 5.73 Å². The molecule has 19 heavy (non-hydrogen) atoms. The number of nitrogen functional groups attached to an aromatic ring is 1. The first-order valence-corrected chi connectivity index (χ1v) is 5.77. The third kappa shape index (κ3) is 3.92. The lowest BCUT2D eigenvalue weighted by atomic mass is 10.1. The van der Waals surface area contributed by atoms with Crippen molar-refractivity contribution in [2.75, 3.05) is 40.0 Å². The Kier molecular flexibility index (Phi) is 4.82. The van der Waals surface area contributed by atoms with Gasteiger partial charge in [0.05, 0.1) is 10.5 Å². The number of rotatable bonds is 5. The zero-order chi connectivity index (χ0) is 14.6. The van der Waals surface area contributed by atoms with Crippen LogP contribution >= 0.6 is 0 Å². The molecule has 0 bridgehead atoms. The molecule has 104 valence electrons. The number of benzene rings is 1. The quantitative estimate of drug-likeness (QED) is 0.483. The van der Waals surface area contributed by atoms with Gasteiger partial charge in [-0.05, 0) is 20.2 Å². The summed E-state index contributed by atoms with van der Waals surface area (Å²) in [4.78, 5) is 25.8. The van der Waals surface area contributed by atoms with Crippen molar-refractivity contribution in [3.8, 4) is 0 Å². The first kappa shape index (κ1) is 14.9. The number of carbonyl (C=O) groups is 1. The number of nitrogens with zero attached hydrogens (tertiary/aromatic N) is 3. The Hall–Kier alpha value is -2.15. The van der Waals surface area contributed by atoms with Gasteiger partial charge in [0.2, 0.25) is 0 Å². The van der Waals surface area contributed by atoms with Crippen molar-refractivity contribution in [1.29, 1.82) is 0 Å². The maximum Gasteiger partial charge on any atom is 0.270 e. The largest absolute Gasteiger partial charge is 0.398 e. The van der Waals surface area contributed by atoms with Gasteiger partial charge in [0.15, 0.2) is 0 Å². The highest BCUT2D eigenvalue weighted by Crippen LogP contribution is 2.20. The summed E-state index contributed by atoms with van der Waals surface area (Å²) in [5, 5.41) is 10.7. The Balaban J connectivity index is 2.92. The third-order valence-corrected chi connectivity index (χ3v) is 2.71. The normalized spacial score (nSPS) is 10.5. The number of nitrogens with two attached hydrogens (primary N) is 1. The average molecular weight is 266 g/mol. The van der Waals surface area contributed by atoms with Crippen LogP contribution in [0.15, 0.2) is 18.2 Å². The summed E-state index contributed by atoms with van der Waals surface area (Å²) in [6.07, 6.45) is 0. The minimum Gasteiger partial charge on any atom is -0.398 e. The zero-order valence-electron chi connectivity index (χ0n) is 11.3. The van der Waals surface area contributed by atoms with Gasteiger partial charge < -0.3 is 15.5 Å². The van der Waals surface area contributed by atoms with Crippen molar-refractivity contribution in [2.24, 2.45) is 0 Å². The number of amides is 1. The molecule has 0 unspecified atom stereocenters. The van der Waals surface area contributed by atoms with Gasteiger partial charge >= 0.3 is 0 Å². The molecule has 1 aromatic carbocycles. The maximum absolute atomic E-state index is 12.2. The van der Waals surface area contributed by atoms with Crippen LogP contribution in [-0.4, -0.2) is 54.9 Å². The van der Waals surface area contributed by atoms with Gasteiger partial charge in [-0.1, -0.05) is 0 Å². The van der Waals surface area contributed by atoms with E-state index >= 15 is 0 Å². The van der Waals surface area contributed by atoms with Crippen LogP contribution in [0.4, 0.5) is 11.4 Å². The number of anilines is 1. The minimum absolute atomic E-state index is 0.140. The summed E-state index contributed by atoms with van der Waals surface area (Å²) < 4.78 is 0. The van der Waals surface area contributed by atoms with Crippen molar-refractivity contribution in [2.45, 2.75) is 0 Å². The molecule has 0 radical (unpaired) electrons. The Bertz CT molecular complexity index is 488. The molecule has 0 saturated carbocycles. The van der Waals surface area contributed by atoms with Crippen LogP contribution in [0.5, 0.6) is 0 Å². The van der Waals surface area contributed by atoms with Crippen LogP contribution in [0, 0.1) is 10.1 Å². The van der Waals surface area contributed by atoms with Gasteiger partial charge in [-0.3, -0.25) is 14.9 Å². The monoisotopic (exact) mass is 266 g/mol. The number of nitro benzene ring substituents is 1. The molecular formula is C12H18N4O3. The van der Waals surface area contributed by atoms with E-state index < -0.39 is 4.92 Å². The van der Waals surface area contributed by atoms with Gasteiger partial charge in [-0.15, -0.1) is 0 Å². The van der Waals surface area contributed by atoms with E-state index in [-0.39, 0.29) is 22.8 Å². The molecule has 0 atom stereocenters. The fraction of sp³-hybridized carbons (Fsp3) is 0.417. The predicted molar refractivity (Wildman–Crippen MR) is 73.0 cm³/mol. The second kappa shape index (κ2) is 6.14. The van der Waals surface area contributed by atoms with Crippen LogP contribution in [0.25, 0.3) is 0 Å². The molecule has 7 heteroatoms. The molecule has 1 aromatic rings. The number of hydrogen-bond donors (Lipinski definition) is 1. The predicted octanol–water partition coefficient (Wildman–Crippen LogP) is 0.811. The van der Waals surface area contributed by atoms with Crippen molar-refractivity contribution in [1.82, 2.24) is 9.80 Å². The van der Waals surface area contributed by atoms with Gasteiger partial charge in [-0.25, -0.2) is 0 Å². The summed E-state index contributed by atoms with van der Waals surface area (Å²) in [5.41, 5.74) is 5.97. The lowest BCUT2D eigenvalue weighted by Gasteiger charge is -2.20. The van der Waals surface area contributed by atoms with E-state index in [1.165, 1.54) is 23.1 Å². The van der Waals surface area contributed by atoms with Crippen molar-refractivity contribution in [3.05, 3.63) is 33.9 Å². The number of nitro groups is 1. The summed E-state index contributed by atoms with van der Waals surface area (Å²) in [6, 6.07) is 3.88. The highest BCUT2D eigenvalue weighted by molar-refractivity contribution is 5.99. The van der Waals surface area contributed by atoms with Crippen LogP contribution in [0.2, 0.25) is 0 Å². The lowest BCUT2D eigenvalue weighted by molar-refractivity contribution is -0.384. The Morgan fingerprint density at radius 2 is 1.95 bits per heavy atom. The molecule has 0 heterocycles. The zero-order valence-corrected chi connectivity index (χ0v) is 11.3. The van der Waals surface area contributed by atoms with Gasteiger partial charge in [0.1, 0.15) is 0 Å². The molecule has 1 amide bonds. The molecule has 0 spiro atoms.